The first-order valence-electron chi connectivity index (χ1n) is 8.32. The minimum atomic E-state index is 0.375. The smallest absolute Gasteiger partial charge is 0.0151 e. The second-order valence-electron chi connectivity index (χ2n) is 7.54. The fourth-order valence-electron chi connectivity index (χ4n) is 3.30. The molecule has 1 aliphatic rings. The molecule has 1 heterocycles. The summed E-state index contributed by atoms with van der Waals surface area (Å²) in [6, 6.07) is 0. The molecule has 0 aromatic rings. The second-order valence-corrected chi connectivity index (χ2v) is 7.54. The maximum Gasteiger partial charge on any atom is 0.0151 e. The van der Waals surface area contributed by atoms with Crippen LogP contribution in [0.2, 0.25) is 0 Å². The Kier molecular flexibility index (Phi) is 6.82. The van der Waals surface area contributed by atoms with Crippen molar-refractivity contribution >= 4 is 0 Å². The molecule has 2 nitrogen and oxygen atoms in total. The highest BCUT2D eigenvalue weighted by Crippen LogP contribution is 2.21. The van der Waals surface area contributed by atoms with Gasteiger partial charge in [0.2, 0.25) is 0 Å². The van der Waals surface area contributed by atoms with Crippen LogP contribution in [0.25, 0.3) is 0 Å². The van der Waals surface area contributed by atoms with Gasteiger partial charge in [-0.15, -0.1) is 0 Å². The fraction of sp³-hybridized carbons (Fsp3) is 1.00. The van der Waals surface area contributed by atoms with E-state index < -0.39 is 0 Å². The van der Waals surface area contributed by atoms with Crippen molar-refractivity contribution in [3.63, 3.8) is 0 Å². The first kappa shape index (κ1) is 17.0. The van der Waals surface area contributed by atoms with Crippen molar-refractivity contribution in [1.82, 2.24) is 9.80 Å². The molecule has 0 aromatic heterocycles. The molecule has 0 N–H and O–H groups in total. The molecule has 1 unspecified atom stereocenters. The van der Waals surface area contributed by atoms with E-state index in [2.05, 4.69) is 51.3 Å². The molecule has 1 aliphatic heterocycles. The third kappa shape index (κ3) is 5.83. The molecule has 0 radical (unpaired) electrons. The van der Waals surface area contributed by atoms with Crippen LogP contribution in [-0.4, -0.2) is 48.1 Å². The van der Waals surface area contributed by atoms with Gasteiger partial charge >= 0.3 is 0 Å². The van der Waals surface area contributed by atoms with Crippen LogP contribution in [-0.2, 0) is 0 Å². The third-order valence-corrected chi connectivity index (χ3v) is 4.75. The molecule has 1 fully saturated rings. The summed E-state index contributed by atoms with van der Waals surface area (Å²) in [7, 11) is 0. The van der Waals surface area contributed by atoms with Gasteiger partial charge in [-0.1, -0.05) is 27.7 Å². The number of hydrogen-bond donors (Lipinski definition) is 0. The zero-order valence-electron chi connectivity index (χ0n) is 14.2. The molecule has 0 saturated carbocycles. The summed E-state index contributed by atoms with van der Waals surface area (Å²) in [5, 5.41) is 0. The molecular formula is C17H36N2. The van der Waals surface area contributed by atoms with Gasteiger partial charge in [-0.2, -0.15) is 0 Å². The largest absolute Gasteiger partial charge is 0.302 e. The average Bonchev–Trinajstić information content (AvgIpc) is 2.54. The van der Waals surface area contributed by atoms with E-state index in [0.717, 1.165) is 11.8 Å². The first-order chi connectivity index (χ1) is 8.85. The van der Waals surface area contributed by atoms with E-state index in [0.29, 0.717) is 5.54 Å². The average molecular weight is 268 g/mol. The Hall–Kier alpha value is -0.0800. The zero-order valence-corrected chi connectivity index (χ0v) is 14.2. The van der Waals surface area contributed by atoms with Crippen LogP contribution in [0.4, 0.5) is 0 Å². The van der Waals surface area contributed by atoms with Crippen LogP contribution in [0, 0.1) is 11.8 Å². The third-order valence-electron chi connectivity index (χ3n) is 4.75. The predicted octanol–water partition coefficient (Wildman–Crippen LogP) is 3.86. The highest BCUT2D eigenvalue weighted by molar-refractivity contribution is 4.83. The van der Waals surface area contributed by atoms with Gasteiger partial charge < -0.3 is 4.90 Å². The molecule has 1 atom stereocenters. The van der Waals surface area contributed by atoms with Crippen molar-refractivity contribution in [3.05, 3.63) is 0 Å². The van der Waals surface area contributed by atoms with Gasteiger partial charge in [-0.25, -0.2) is 0 Å². The molecule has 19 heavy (non-hydrogen) atoms. The van der Waals surface area contributed by atoms with E-state index in [-0.39, 0.29) is 0 Å². The molecule has 1 rings (SSSR count). The summed E-state index contributed by atoms with van der Waals surface area (Å²) in [4.78, 5) is 5.39. The number of rotatable bonds is 6. The van der Waals surface area contributed by atoms with Gasteiger partial charge in [-0.05, 0) is 58.0 Å². The topological polar surface area (TPSA) is 6.48 Å². The second kappa shape index (κ2) is 7.64. The lowest BCUT2D eigenvalue weighted by Crippen LogP contribution is -2.45. The van der Waals surface area contributed by atoms with Crippen molar-refractivity contribution in [2.45, 2.75) is 66.3 Å². The highest BCUT2D eigenvalue weighted by atomic mass is 15.2. The molecule has 0 aromatic carbocycles. The van der Waals surface area contributed by atoms with E-state index in [9.17, 15) is 0 Å². The predicted molar refractivity (Wildman–Crippen MR) is 85.6 cm³/mol. The van der Waals surface area contributed by atoms with Gasteiger partial charge in [0.15, 0.2) is 0 Å². The van der Waals surface area contributed by atoms with Crippen molar-refractivity contribution < 1.29 is 0 Å². The number of hydrogen-bond acceptors (Lipinski definition) is 2. The maximum atomic E-state index is 2.69. The maximum absolute atomic E-state index is 2.69. The Balaban J connectivity index is 2.41. The van der Waals surface area contributed by atoms with Crippen molar-refractivity contribution in [1.29, 1.82) is 0 Å². The normalized spacial score (nSPS) is 21.6. The molecule has 2 heteroatoms. The lowest BCUT2D eigenvalue weighted by Gasteiger charge is -2.37. The van der Waals surface area contributed by atoms with Crippen molar-refractivity contribution in [2.75, 3.05) is 32.7 Å². The van der Waals surface area contributed by atoms with Crippen LogP contribution >= 0.6 is 0 Å². The summed E-state index contributed by atoms with van der Waals surface area (Å²) in [5.74, 6) is 1.67. The van der Waals surface area contributed by atoms with Crippen LogP contribution in [0.3, 0.4) is 0 Å². The van der Waals surface area contributed by atoms with Crippen molar-refractivity contribution in [3.8, 4) is 0 Å². The standard InChI is InChI=1S/C17H36N2/c1-7-17(5,6)19-10-8-9-18(11-12-19)14-16(4)13-15(2)3/h15-16H,7-14H2,1-6H3. The minimum Gasteiger partial charge on any atom is -0.302 e. The van der Waals surface area contributed by atoms with E-state index >= 15 is 0 Å². The van der Waals surface area contributed by atoms with Gasteiger partial charge in [0.05, 0.1) is 0 Å². The van der Waals surface area contributed by atoms with Gasteiger partial charge in [-0.3, -0.25) is 4.90 Å². The quantitative estimate of drug-likeness (QED) is 0.721. The van der Waals surface area contributed by atoms with Gasteiger partial charge in [0, 0.05) is 25.2 Å². The van der Waals surface area contributed by atoms with E-state index in [4.69, 9.17) is 0 Å². The molecule has 0 amide bonds. The molecule has 0 spiro atoms. The van der Waals surface area contributed by atoms with Crippen LogP contribution < -0.4 is 0 Å². The zero-order chi connectivity index (χ0) is 14.5. The molecule has 114 valence electrons. The molecule has 1 saturated heterocycles. The summed E-state index contributed by atoms with van der Waals surface area (Å²) in [5.41, 5.74) is 0.375. The van der Waals surface area contributed by atoms with Crippen LogP contribution in [0.5, 0.6) is 0 Å². The van der Waals surface area contributed by atoms with E-state index in [1.165, 1.54) is 52.0 Å². The monoisotopic (exact) mass is 268 g/mol. The molecular weight excluding hydrogens is 232 g/mol. The summed E-state index contributed by atoms with van der Waals surface area (Å²) >= 11 is 0. The molecule has 0 aliphatic carbocycles. The van der Waals surface area contributed by atoms with Crippen LogP contribution in [0.15, 0.2) is 0 Å². The summed E-state index contributed by atoms with van der Waals surface area (Å²) in [6.07, 6.45) is 3.94. The van der Waals surface area contributed by atoms with Gasteiger partial charge in [0.1, 0.15) is 0 Å². The Morgan fingerprint density at radius 3 is 2.26 bits per heavy atom. The lowest BCUT2D eigenvalue weighted by molar-refractivity contribution is 0.118. The Labute approximate surface area is 121 Å². The first-order valence-corrected chi connectivity index (χ1v) is 8.32. The molecule has 0 bridgehead atoms. The van der Waals surface area contributed by atoms with Crippen LogP contribution in [0.1, 0.15) is 60.8 Å². The lowest BCUT2D eigenvalue weighted by atomic mass is 9.98. The Morgan fingerprint density at radius 1 is 1.00 bits per heavy atom. The minimum absolute atomic E-state index is 0.375. The number of nitrogens with zero attached hydrogens (tertiary/aromatic N) is 2. The fourth-order valence-corrected chi connectivity index (χ4v) is 3.30. The SMILES string of the molecule is CCC(C)(C)N1CCCN(CC(C)CC(C)C)CC1. The van der Waals surface area contributed by atoms with Crippen molar-refractivity contribution in [2.24, 2.45) is 11.8 Å². The highest BCUT2D eigenvalue weighted by Gasteiger charge is 2.26. The van der Waals surface area contributed by atoms with Gasteiger partial charge in [0.25, 0.3) is 0 Å². The Bertz CT molecular complexity index is 248. The summed E-state index contributed by atoms with van der Waals surface area (Å²) < 4.78 is 0. The summed E-state index contributed by atoms with van der Waals surface area (Å²) in [6.45, 7) is 20.5. The van der Waals surface area contributed by atoms with E-state index in [1.807, 2.05) is 0 Å². The Morgan fingerprint density at radius 2 is 1.68 bits per heavy atom. The van der Waals surface area contributed by atoms with E-state index in [1.54, 1.807) is 0 Å².